The molecule has 1 fully saturated rings. The van der Waals surface area contributed by atoms with Gasteiger partial charge in [0.2, 0.25) is 0 Å². The minimum atomic E-state index is -0.533. The number of ether oxygens (including phenoxy) is 1. The van der Waals surface area contributed by atoms with E-state index in [4.69, 9.17) is 10.5 Å². The average molecular weight is 349 g/mol. The molecule has 1 aromatic rings. The Bertz CT molecular complexity index is 435. The van der Waals surface area contributed by atoms with Crippen LogP contribution in [0.15, 0.2) is 24.3 Å². The SMILES string of the molecule is Cl.Cl.N[C@H]1CCO[C@H](CN2CCc3ccccc3CC2)[C@H]1O. The highest BCUT2D eigenvalue weighted by atomic mass is 35.5. The van der Waals surface area contributed by atoms with Gasteiger partial charge in [-0.05, 0) is 30.4 Å². The Morgan fingerprint density at radius 3 is 2.32 bits per heavy atom. The van der Waals surface area contributed by atoms with E-state index in [-0.39, 0.29) is 37.0 Å². The van der Waals surface area contributed by atoms with Crippen molar-refractivity contribution in [2.24, 2.45) is 5.73 Å². The first-order valence-electron chi connectivity index (χ1n) is 7.58. The predicted molar refractivity (Wildman–Crippen MR) is 93.1 cm³/mol. The van der Waals surface area contributed by atoms with Crippen LogP contribution < -0.4 is 5.73 Å². The Morgan fingerprint density at radius 2 is 1.73 bits per heavy atom. The van der Waals surface area contributed by atoms with Crippen LogP contribution in [-0.4, -0.2) is 54.5 Å². The van der Waals surface area contributed by atoms with Gasteiger partial charge in [0.15, 0.2) is 0 Å². The third kappa shape index (κ3) is 4.57. The maximum absolute atomic E-state index is 10.1. The van der Waals surface area contributed by atoms with E-state index < -0.39 is 6.10 Å². The Kier molecular flexibility index (Phi) is 8.11. The second-order valence-electron chi connectivity index (χ2n) is 5.92. The maximum Gasteiger partial charge on any atom is 0.0975 e. The normalized spacial score (nSPS) is 28.7. The number of hydrogen-bond donors (Lipinski definition) is 2. The number of aliphatic hydroxyl groups is 1. The molecule has 3 N–H and O–H groups in total. The van der Waals surface area contributed by atoms with Crippen LogP contribution in [0.1, 0.15) is 17.5 Å². The molecule has 0 amide bonds. The van der Waals surface area contributed by atoms with Gasteiger partial charge in [0.1, 0.15) is 0 Å². The van der Waals surface area contributed by atoms with Gasteiger partial charge in [-0.2, -0.15) is 0 Å². The lowest BCUT2D eigenvalue weighted by atomic mass is 10.00. The summed E-state index contributed by atoms with van der Waals surface area (Å²) in [5, 5.41) is 10.1. The highest BCUT2D eigenvalue weighted by Crippen LogP contribution is 2.18. The van der Waals surface area contributed by atoms with Gasteiger partial charge in [0, 0.05) is 32.3 Å². The highest BCUT2D eigenvalue weighted by Gasteiger charge is 2.31. The molecule has 0 radical (unpaired) electrons. The van der Waals surface area contributed by atoms with E-state index in [2.05, 4.69) is 29.2 Å². The lowest BCUT2D eigenvalue weighted by molar-refractivity contribution is -0.0945. The van der Waals surface area contributed by atoms with Gasteiger partial charge in [0.05, 0.1) is 12.2 Å². The van der Waals surface area contributed by atoms with Crippen molar-refractivity contribution in [2.45, 2.75) is 37.5 Å². The average Bonchev–Trinajstić information content (AvgIpc) is 2.67. The summed E-state index contributed by atoms with van der Waals surface area (Å²) in [6.07, 6.45) is 2.23. The predicted octanol–water partition coefficient (Wildman–Crippen LogP) is 1.41. The van der Waals surface area contributed by atoms with E-state index in [0.29, 0.717) is 6.61 Å². The summed E-state index contributed by atoms with van der Waals surface area (Å²) in [5.41, 5.74) is 8.84. The highest BCUT2D eigenvalue weighted by molar-refractivity contribution is 5.85. The zero-order chi connectivity index (χ0) is 13.9. The van der Waals surface area contributed by atoms with Crippen LogP contribution in [0.2, 0.25) is 0 Å². The Hall–Kier alpha value is -0.360. The van der Waals surface area contributed by atoms with Gasteiger partial charge < -0.3 is 15.6 Å². The van der Waals surface area contributed by atoms with Crippen molar-refractivity contribution < 1.29 is 9.84 Å². The summed E-state index contributed by atoms with van der Waals surface area (Å²) in [4.78, 5) is 2.39. The van der Waals surface area contributed by atoms with Gasteiger partial charge in [-0.1, -0.05) is 24.3 Å². The second kappa shape index (κ2) is 9.06. The molecule has 3 rings (SSSR count). The molecule has 4 nitrogen and oxygen atoms in total. The van der Waals surface area contributed by atoms with Crippen molar-refractivity contribution >= 4 is 24.8 Å². The van der Waals surface area contributed by atoms with Crippen molar-refractivity contribution in [1.29, 1.82) is 0 Å². The lowest BCUT2D eigenvalue weighted by Gasteiger charge is -2.35. The van der Waals surface area contributed by atoms with Crippen LogP contribution in [0, 0.1) is 0 Å². The van der Waals surface area contributed by atoms with E-state index >= 15 is 0 Å². The molecule has 2 aliphatic heterocycles. The molecule has 0 unspecified atom stereocenters. The lowest BCUT2D eigenvalue weighted by Crippen LogP contribution is -2.53. The third-order valence-corrected chi connectivity index (χ3v) is 4.55. The number of benzene rings is 1. The van der Waals surface area contributed by atoms with E-state index in [0.717, 1.165) is 38.9 Å². The van der Waals surface area contributed by atoms with Crippen molar-refractivity contribution in [3.05, 3.63) is 35.4 Å². The monoisotopic (exact) mass is 348 g/mol. The molecule has 3 atom stereocenters. The topological polar surface area (TPSA) is 58.7 Å². The third-order valence-electron chi connectivity index (χ3n) is 4.55. The van der Waals surface area contributed by atoms with Crippen molar-refractivity contribution in [3.63, 3.8) is 0 Å². The van der Waals surface area contributed by atoms with E-state index in [1.807, 2.05) is 0 Å². The molecule has 0 bridgehead atoms. The van der Waals surface area contributed by atoms with Crippen LogP contribution >= 0.6 is 24.8 Å². The zero-order valence-corrected chi connectivity index (χ0v) is 14.3. The minimum absolute atomic E-state index is 0. The first kappa shape index (κ1) is 19.7. The smallest absolute Gasteiger partial charge is 0.0975 e. The molecular formula is C16H26Cl2N2O2. The number of fused-ring (bicyclic) bond motifs is 1. The van der Waals surface area contributed by atoms with Crippen LogP contribution in [-0.2, 0) is 17.6 Å². The van der Waals surface area contributed by atoms with Crippen molar-refractivity contribution in [3.8, 4) is 0 Å². The Balaban J connectivity index is 0.00000121. The molecule has 0 saturated carbocycles. The molecule has 2 heterocycles. The molecule has 0 spiro atoms. The van der Waals surface area contributed by atoms with E-state index in [1.165, 1.54) is 11.1 Å². The first-order chi connectivity index (χ1) is 9.74. The van der Waals surface area contributed by atoms with Crippen LogP contribution in [0.3, 0.4) is 0 Å². The number of aliphatic hydroxyl groups excluding tert-OH is 1. The molecule has 1 saturated heterocycles. The van der Waals surface area contributed by atoms with Gasteiger partial charge in [0.25, 0.3) is 0 Å². The minimum Gasteiger partial charge on any atom is -0.389 e. The fourth-order valence-corrected chi connectivity index (χ4v) is 3.21. The Labute approximate surface area is 144 Å². The standard InChI is InChI=1S/C16H24N2O2.2ClH/c17-14-7-10-20-15(16(14)19)11-18-8-5-12-3-1-2-4-13(12)6-9-18;;/h1-4,14-16,19H,5-11,17H2;2*1H/t14-,15+,16-;;/m0../s1. The number of halogens is 2. The number of rotatable bonds is 2. The largest absolute Gasteiger partial charge is 0.389 e. The molecule has 0 aromatic heterocycles. The van der Waals surface area contributed by atoms with Crippen molar-refractivity contribution in [2.75, 3.05) is 26.2 Å². The Morgan fingerprint density at radius 1 is 1.14 bits per heavy atom. The molecule has 126 valence electrons. The van der Waals surface area contributed by atoms with E-state index in [9.17, 15) is 5.11 Å². The second-order valence-corrected chi connectivity index (χ2v) is 5.92. The molecular weight excluding hydrogens is 323 g/mol. The van der Waals surface area contributed by atoms with Gasteiger partial charge in [-0.25, -0.2) is 0 Å². The van der Waals surface area contributed by atoms with Crippen LogP contribution in [0.4, 0.5) is 0 Å². The maximum atomic E-state index is 10.1. The molecule has 0 aliphatic carbocycles. The quantitative estimate of drug-likeness (QED) is 0.848. The number of hydrogen-bond acceptors (Lipinski definition) is 4. The van der Waals surface area contributed by atoms with Crippen LogP contribution in [0.5, 0.6) is 0 Å². The fraction of sp³-hybridized carbons (Fsp3) is 0.625. The number of nitrogens with zero attached hydrogens (tertiary/aromatic N) is 1. The molecule has 6 heteroatoms. The summed E-state index contributed by atoms with van der Waals surface area (Å²) in [6.45, 7) is 3.50. The summed E-state index contributed by atoms with van der Waals surface area (Å²) in [6, 6.07) is 8.53. The first-order valence-corrected chi connectivity index (χ1v) is 7.58. The summed E-state index contributed by atoms with van der Waals surface area (Å²) in [5.74, 6) is 0. The molecule has 22 heavy (non-hydrogen) atoms. The summed E-state index contributed by atoms with van der Waals surface area (Å²) < 4.78 is 5.71. The molecule has 2 aliphatic rings. The molecule has 1 aromatic carbocycles. The fourth-order valence-electron chi connectivity index (χ4n) is 3.21. The zero-order valence-electron chi connectivity index (χ0n) is 12.7. The van der Waals surface area contributed by atoms with Crippen LogP contribution in [0.25, 0.3) is 0 Å². The van der Waals surface area contributed by atoms with Gasteiger partial charge >= 0.3 is 0 Å². The van der Waals surface area contributed by atoms with E-state index in [1.54, 1.807) is 0 Å². The summed E-state index contributed by atoms with van der Waals surface area (Å²) in [7, 11) is 0. The van der Waals surface area contributed by atoms with Gasteiger partial charge in [-0.15, -0.1) is 24.8 Å². The summed E-state index contributed by atoms with van der Waals surface area (Å²) >= 11 is 0. The number of nitrogens with two attached hydrogens (primary N) is 1. The van der Waals surface area contributed by atoms with Gasteiger partial charge in [-0.3, -0.25) is 4.90 Å². The van der Waals surface area contributed by atoms with Crippen molar-refractivity contribution in [1.82, 2.24) is 4.90 Å².